The molecule has 0 aliphatic heterocycles. The van der Waals surface area contributed by atoms with Crippen molar-refractivity contribution in [1.82, 2.24) is 0 Å². The number of fused-ring (bicyclic) bond motifs is 2. The Morgan fingerprint density at radius 3 is 2.17 bits per heavy atom. The van der Waals surface area contributed by atoms with Gasteiger partial charge in [-0.1, -0.05) is 40.5 Å². The van der Waals surface area contributed by atoms with E-state index >= 15 is 0 Å². The van der Waals surface area contributed by atoms with E-state index in [0.29, 0.717) is 10.8 Å². The summed E-state index contributed by atoms with van der Waals surface area (Å²) in [6.07, 6.45) is 8.97. The highest BCUT2D eigenvalue weighted by molar-refractivity contribution is 5.14. The lowest BCUT2D eigenvalue weighted by Crippen LogP contribution is -2.48. The zero-order valence-electron chi connectivity index (χ0n) is 12.6. The molecule has 18 heavy (non-hydrogen) atoms. The van der Waals surface area contributed by atoms with E-state index in [-0.39, 0.29) is 11.5 Å². The zero-order chi connectivity index (χ0) is 13.2. The lowest BCUT2D eigenvalue weighted by molar-refractivity contribution is -0.0885. The van der Waals surface area contributed by atoms with Crippen molar-refractivity contribution in [3.05, 3.63) is 0 Å². The molecule has 3 aliphatic rings. The minimum atomic E-state index is -0.0526. The lowest BCUT2D eigenvalue weighted by atomic mass is 9.54. The zero-order valence-corrected chi connectivity index (χ0v) is 12.6. The van der Waals surface area contributed by atoms with Crippen molar-refractivity contribution < 1.29 is 5.11 Å². The summed E-state index contributed by atoms with van der Waals surface area (Å²) in [5.41, 5.74) is 1.14. The van der Waals surface area contributed by atoms with E-state index in [4.69, 9.17) is 0 Å². The molecule has 0 aromatic heterocycles. The first kappa shape index (κ1) is 13.0. The van der Waals surface area contributed by atoms with Crippen LogP contribution in [0.1, 0.15) is 72.6 Å². The standard InChI is InChI=1S/C17H30O/c1-15(2)12-8-10-17(15,4)13(11-12)16(3)9-6-5-7-14(16)18/h12-14,18H,5-11H2,1-4H3/t12-,13+,14?,16?,17+/m0/s1. The van der Waals surface area contributed by atoms with Crippen molar-refractivity contribution in [2.75, 3.05) is 0 Å². The number of aliphatic hydroxyl groups excluding tert-OH is 1. The lowest BCUT2D eigenvalue weighted by Gasteiger charge is -2.52. The molecule has 0 saturated heterocycles. The molecule has 3 fully saturated rings. The quantitative estimate of drug-likeness (QED) is 0.732. The molecule has 5 atom stereocenters. The van der Waals surface area contributed by atoms with Crippen LogP contribution in [0.25, 0.3) is 0 Å². The highest BCUT2D eigenvalue weighted by Gasteiger charge is 2.65. The van der Waals surface area contributed by atoms with Gasteiger partial charge in [0.25, 0.3) is 0 Å². The number of hydrogen-bond acceptors (Lipinski definition) is 1. The second-order valence-corrected chi connectivity index (χ2v) is 8.43. The van der Waals surface area contributed by atoms with Gasteiger partial charge in [-0.3, -0.25) is 0 Å². The number of hydrogen-bond donors (Lipinski definition) is 1. The molecule has 1 heteroatoms. The fraction of sp³-hybridized carbons (Fsp3) is 1.00. The molecule has 3 rings (SSSR count). The van der Waals surface area contributed by atoms with Gasteiger partial charge in [0.2, 0.25) is 0 Å². The first-order valence-corrected chi connectivity index (χ1v) is 8.00. The topological polar surface area (TPSA) is 20.2 Å². The van der Waals surface area contributed by atoms with Crippen LogP contribution in [0.3, 0.4) is 0 Å². The van der Waals surface area contributed by atoms with E-state index in [1.807, 2.05) is 0 Å². The van der Waals surface area contributed by atoms with E-state index in [0.717, 1.165) is 18.3 Å². The Hall–Kier alpha value is -0.0400. The van der Waals surface area contributed by atoms with Gasteiger partial charge in [0.1, 0.15) is 0 Å². The molecule has 0 heterocycles. The highest BCUT2D eigenvalue weighted by Crippen LogP contribution is 2.72. The Morgan fingerprint density at radius 2 is 1.67 bits per heavy atom. The van der Waals surface area contributed by atoms with E-state index in [9.17, 15) is 5.11 Å². The normalized spacial score (nSPS) is 54.8. The van der Waals surface area contributed by atoms with Gasteiger partial charge in [-0.25, -0.2) is 0 Å². The molecule has 0 aromatic rings. The Balaban J connectivity index is 1.95. The molecule has 2 unspecified atom stereocenters. The molecular formula is C17H30O. The molecule has 0 amide bonds. The molecular weight excluding hydrogens is 220 g/mol. The average Bonchev–Trinajstić information content (AvgIpc) is 2.65. The van der Waals surface area contributed by atoms with Gasteiger partial charge < -0.3 is 5.11 Å². The van der Waals surface area contributed by atoms with Crippen molar-refractivity contribution in [1.29, 1.82) is 0 Å². The largest absolute Gasteiger partial charge is 0.393 e. The van der Waals surface area contributed by atoms with E-state index in [1.165, 1.54) is 38.5 Å². The molecule has 3 saturated carbocycles. The van der Waals surface area contributed by atoms with Crippen LogP contribution in [0.2, 0.25) is 0 Å². The average molecular weight is 250 g/mol. The van der Waals surface area contributed by atoms with Crippen LogP contribution in [-0.4, -0.2) is 11.2 Å². The van der Waals surface area contributed by atoms with Gasteiger partial charge in [0.15, 0.2) is 0 Å². The summed E-state index contributed by atoms with van der Waals surface area (Å²) < 4.78 is 0. The third kappa shape index (κ3) is 1.38. The first-order valence-electron chi connectivity index (χ1n) is 8.00. The molecule has 104 valence electrons. The van der Waals surface area contributed by atoms with Crippen molar-refractivity contribution in [2.45, 2.75) is 78.7 Å². The third-order valence-electron chi connectivity index (χ3n) is 7.79. The van der Waals surface area contributed by atoms with Crippen LogP contribution < -0.4 is 0 Å². The van der Waals surface area contributed by atoms with Crippen LogP contribution in [-0.2, 0) is 0 Å². The Morgan fingerprint density at radius 1 is 0.944 bits per heavy atom. The van der Waals surface area contributed by atoms with Crippen molar-refractivity contribution in [3.63, 3.8) is 0 Å². The van der Waals surface area contributed by atoms with Crippen molar-refractivity contribution in [2.24, 2.45) is 28.1 Å². The van der Waals surface area contributed by atoms with Crippen LogP contribution >= 0.6 is 0 Å². The van der Waals surface area contributed by atoms with E-state index in [2.05, 4.69) is 27.7 Å². The predicted octanol–water partition coefficient (Wildman–Crippen LogP) is 4.39. The minimum Gasteiger partial charge on any atom is -0.393 e. The summed E-state index contributed by atoms with van der Waals surface area (Å²) in [5.74, 6) is 1.65. The van der Waals surface area contributed by atoms with Crippen LogP contribution in [0.15, 0.2) is 0 Å². The minimum absolute atomic E-state index is 0.0526. The van der Waals surface area contributed by atoms with Gasteiger partial charge in [0, 0.05) is 0 Å². The smallest absolute Gasteiger partial charge is 0.0596 e. The molecule has 0 aromatic carbocycles. The number of rotatable bonds is 1. The molecule has 0 radical (unpaired) electrons. The number of aliphatic hydroxyl groups is 1. The molecule has 1 N–H and O–H groups in total. The van der Waals surface area contributed by atoms with Gasteiger partial charge >= 0.3 is 0 Å². The Bertz CT molecular complexity index is 348. The van der Waals surface area contributed by atoms with Gasteiger partial charge in [-0.05, 0) is 60.2 Å². The van der Waals surface area contributed by atoms with Crippen LogP contribution in [0.4, 0.5) is 0 Å². The molecule has 1 nitrogen and oxygen atoms in total. The summed E-state index contributed by atoms with van der Waals surface area (Å²) in [6.45, 7) is 9.90. The first-order chi connectivity index (χ1) is 8.32. The monoisotopic (exact) mass is 250 g/mol. The summed E-state index contributed by atoms with van der Waals surface area (Å²) >= 11 is 0. The summed E-state index contributed by atoms with van der Waals surface area (Å²) in [4.78, 5) is 0. The fourth-order valence-electron chi connectivity index (χ4n) is 5.95. The summed E-state index contributed by atoms with van der Waals surface area (Å²) in [5, 5.41) is 10.6. The summed E-state index contributed by atoms with van der Waals surface area (Å²) in [7, 11) is 0. The van der Waals surface area contributed by atoms with Crippen LogP contribution in [0.5, 0.6) is 0 Å². The Kier molecular flexibility index (Phi) is 2.70. The molecule has 3 aliphatic carbocycles. The van der Waals surface area contributed by atoms with Crippen molar-refractivity contribution in [3.8, 4) is 0 Å². The second kappa shape index (κ2) is 3.75. The van der Waals surface area contributed by atoms with E-state index < -0.39 is 0 Å². The maximum Gasteiger partial charge on any atom is 0.0596 e. The molecule has 0 spiro atoms. The predicted molar refractivity (Wildman–Crippen MR) is 75.3 cm³/mol. The molecule has 2 bridgehead atoms. The maximum atomic E-state index is 10.6. The fourth-order valence-corrected chi connectivity index (χ4v) is 5.95. The van der Waals surface area contributed by atoms with E-state index in [1.54, 1.807) is 0 Å². The Labute approximate surface area is 112 Å². The van der Waals surface area contributed by atoms with Gasteiger partial charge in [0.05, 0.1) is 6.10 Å². The van der Waals surface area contributed by atoms with Crippen LogP contribution in [0, 0.1) is 28.1 Å². The van der Waals surface area contributed by atoms with Crippen molar-refractivity contribution >= 4 is 0 Å². The third-order valence-corrected chi connectivity index (χ3v) is 7.79. The highest BCUT2D eigenvalue weighted by atomic mass is 16.3. The maximum absolute atomic E-state index is 10.6. The SMILES string of the molecule is CC1([C@H]2C[C@@H]3CC[C@@]2(C)C3(C)C)CCCCC1O. The van der Waals surface area contributed by atoms with Gasteiger partial charge in [-0.15, -0.1) is 0 Å². The summed E-state index contributed by atoms with van der Waals surface area (Å²) in [6, 6.07) is 0. The van der Waals surface area contributed by atoms with Gasteiger partial charge in [-0.2, -0.15) is 0 Å². The second-order valence-electron chi connectivity index (χ2n) is 8.43.